The van der Waals surface area contributed by atoms with E-state index in [1.165, 1.54) is 28.3 Å². The Bertz CT molecular complexity index is 608. The van der Waals surface area contributed by atoms with Crippen molar-refractivity contribution in [1.82, 2.24) is 0 Å². The Kier molecular flexibility index (Phi) is 4.24. The van der Waals surface area contributed by atoms with E-state index in [1.807, 2.05) is 13.0 Å². The van der Waals surface area contributed by atoms with Gasteiger partial charge in [-0.05, 0) is 56.9 Å². The highest BCUT2D eigenvalue weighted by atomic mass is 19.1. The Balaban J connectivity index is 2.32. The molecule has 2 aromatic carbocycles. The average Bonchev–Trinajstić information content (AvgIpc) is 2.36. The molecule has 2 heteroatoms. The Morgan fingerprint density at radius 3 is 2.15 bits per heavy atom. The topological polar surface area (TPSA) is 26.0 Å². The zero-order chi connectivity index (χ0) is 14.9. The molecule has 0 bridgehead atoms. The molecular weight excluding hydrogens is 249 g/mol. The van der Waals surface area contributed by atoms with Gasteiger partial charge in [-0.15, -0.1) is 0 Å². The van der Waals surface area contributed by atoms with Gasteiger partial charge in [-0.3, -0.25) is 0 Å². The van der Waals surface area contributed by atoms with Gasteiger partial charge in [0.1, 0.15) is 5.82 Å². The maximum Gasteiger partial charge on any atom is 0.128 e. The highest BCUT2D eigenvalue weighted by Gasteiger charge is 2.15. The normalized spacial score (nSPS) is 12.5. The van der Waals surface area contributed by atoms with Crippen LogP contribution in [0.2, 0.25) is 0 Å². The van der Waals surface area contributed by atoms with Crippen LogP contribution in [0.15, 0.2) is 30.3 Å². The molecule has 0 saturated carbocycles. The molecule has 0 aliphatic carbocycles. The lowest BCUT2D eigenvalue weighted by Crippen LogP contribution is -2.16. The minimum atomic E-state index is -0.310. The van der Waals surface area contributed by atoms with E-state index in [1.54, 1.807) is 6.07 Å². The summed E-state index contributed by atoms with van der Waals surface area (Å²) in [7, 11) is 0. The smallest absolute Gasteiger partial charge is 0.128 e. The van der Waals surface area contributed by atoms with Crippen molar-refractivity contribution in [3.8, 4) is 0 Å². The Labute approximate surface area is 120 Å². The van der Waals surface area contributed by atoms with Crippen LogP contribution in [-0.2, 0) is 6.42 Å². The third-order valence-electron chi connectivity index (χ3n) is 3.82. The Morgan fingerprint density at radius 2 is 1.55 bits per heavy atom. The van der Waals surface area contributed by atoms with Gasteiger partial charge in [0.25, 0.3) is 0 Å². The standard InChI is InChI=1S/C18H22FN/c1-11-5-6-17(19)16(9-11)18(20)10-15-13(3)7-12(2)8-14(15)4/h5-9,18H,10,20H2,1-4H3. The third kappa shape index (κ3) is 3.07. The fourth-order valence-electron chi connectivity index (χ4n) is 2.81. The van der Waals surface area contributed by atoms with Crippen LogP contribution < -0.4 is 5.73 Å². The lowest BCUT2D eigenvalue weighted by Gasteiger charge is -2.18. The van der Waals surface area contributed by atoms with Gasteiger partial charge in [-0.25, -0.2) is 4.39 Å². The molecule has 1 unspecified atom stereocenters. The first kappa shape index (κ1) is 14.7. The lowest BCUT2D eigenvalue weighted by molar-refractivity contribution is 0.579. The summed E-state index contributed by atoms with van der Waals surface area (Å²) in [6, 6.07) is 9.12. The monoisotopic (exact) mass is 271 g/mol. The van der Waals surface area contributed by atoms with Gasteiger partial charge in [0.2, 0.25) is 0 Å². The molecule has 0 saturated heterocycles. The second kappa shape index (κ2) is 5.76. The molecule has 2 aromatic rings. The highest BCUT2D eigenvalue weighted by molar-refractivity contribution is 5.39. The summed E-state index contributed by atoms with van der Waals surface area (Å²) < 4.78 is 13.9. The van der Waals surface area contributed by atoms with Gasteiger partial charge in [0.15, 0.2) is 0 Å². The Hall–Kier alpha value is -1.67. The zero-order valence-corrected chi connectivity index (χ0v) is 12.6. The molecule has 0 radical (unpaired) electrons. The number of rotatable bonds is 3. The second-order valence-electron chi connectivity index (χ2n) is 5.71. The summed E-state index contributed by atoms with van der Waals surface area (Å²) in [4.78, 5) is 0. The zero-order valence-electron chi connectivity index (χ0n) is 12.6. The lowest BCUT2D eigenvalue weighted by atomic mass is 9.91. The molecular formula is C18H22FN. The summed E-state index contributed by atoms with van der Waals surface area (Å²) in [6.45, 7) is 8.23. The van der Waals surface area contributed by atoms with Crippen molar-refractivity contribution in [2.75, 3.05) is 0 Å². The van der Waals surface area contributed by atoms with E-state index >= 15 is 0 Å². The number of hydrogen-bond acceptors (Lipinski definition) is 1. The van der Waals surface area contributed by atoms with Crippen LogP contribution in [0.1, 0.15) is 39.4 Å². The van der Waals surface area contributed by atoms with Crippen molar-refractivity contribution < 1.29 is 4.39 Å². The van der Waals surface area contributed by atoms with Crippen molar-refractivity contribution >= 4 is 0 Å². The van der Waals surface area contributed by atoms with Crippen molar-refractivity contribution in [3.63, 3.8) is 0 Å². The summed E-state index contributed by atoms with van der Waals surface area (Å²) in [5, 5.41) is 0. The van der Waals surface area contributed by atoms with Crippen LogP contribution >= 0.6 is 0 Å². The van der Waals surface area contributed by atoms with E-state index < -0.39 is 0 Å². The van der Waals surface area contributed by atoms with Crippen molar-refractivity contribution in [2.45, 2.75) is 40.2 Å². The molecule has 0 spiro atoms. The van der Waals surface area contributed by atoms with Gasteiger partial charge in [0.05, 0.1) is 0 Å². The van der Waals surface area contributed by atoms with E-state index in [0.717, 1.165) is 5.56 Å². The minimum Gasteiger partial charge on any atom is -0.324 e. The first-order chi connectivity index (χ1) is 9.38. The van der Waals surface area contributed by atoms with Crippen LogP contribution in [0, 0.1) is 33.5 Å². The van der Waals surface area contributed by atoms with Gasteiger partial charge in [-0.2, -0.15) is 0 Å². The SMILES string of the molecule is Cc1cc(C)c(CC(N)c2cc(C)ccc2F)c(C)c1. The van der Waals surface area contributed by atoms with Crippen LogP contribution in [0.25, 0.3) is 0 Å². The third-order valence-corrected chi connectivity index (χ3v) is 3.82. The number of nitrogens with two attached hydrogens (primary N) is 1. The van der Waals surface area contributed by atoms with Crippen molar-refractivity contribution in [1.29, 1.82) is 0 Å². The van der Waals surface area contributed by atoms with E-state index in [9.17, 15) is 4.39 Å². The van der Waals surface area contributed by atoms with Crippen LogP contribution in [-0.4, -0.2) is 0 Å². The molecule has 106 valence electrons. The predicted molar refractivity (Wildman–Crippen MR) is 82.4 cm³/mol. The number of benzene rings is 2. The fraction of sp³-hybridized carbons (Fsp3) is 0.333. The molecule has 0 amide bonds. The molecule has 2 N–H and O–H groups in total. The van der Waals surface area contributed by atoms with Gasteiger partial charge >= 0.3 is 0 Å². The molecule has 2 rings (SSSR count). The molecule has 0 aromatic heterocycles. The number of halogens is 1. The average molecular weight is 271 g/mol. The summed E-state index contributed by atoms with van der Waals surface area (Å²) >= 11 is 0. The first-order valence-electron chi connectivity index (χ1n) is 6.97. The maximum absolute atomic E-state index is 13.9. The van der Waals surface area contributed by atoms with Gasteiger partial charge in [-0.1, -0.05) is 35.4 Å². The molecule has 0 fully saturated rings. The van der Waals surface area contributed by atoms with E-state index in [2.05, 4.69) is 32.9 Å². The summed E-state index contributed by atoms with van der Waals surface area (Å²) in [5.41, 5.74) is 12.8. The van der Waals surface area contributed by atoms with Gasteiger partial charge < -0.3 is 5.73 Å². The molecule has 0 aliphatic heterocycles. The van der Waals surface area contributed by atoms with Crippen molar-refractivity contribution in [3.05, 3.63) is 69.5 Å². The molecule has 0 aliphatic rings. The quantitative estimate of drug-likeness (QED) is 0.885. The maximum atomic E-state index is 13.9. The summed E-state index contributed by atoms with van der Waals surface area (Å²) in [6.07, 6.45) is 0.665. The molecule has 20 heavy (non-hydrogen) atoms. The number of aryl methyl sites for hydroxylation is 4. The van der Waals surface area contributed by atoms with Gasteiger partial charge in [0, 0.05) is 11.6 Å². The molecule has 0 heterocycles. The predicted octanol–water partition coefficient (Wildman–Crippen LogP) is 4.30. The molecule has 1 nitrogen and oxygen atoms in total. The summed E-state index contributed by atoms with van der Waals surface area (Å²) in [5.74, 6) is -0.217. The highest BCUT2D eigenvalue weighted by Crippen LogP contribution is 2.24. The van der Waals surface area contributed by atoms with Crippen LogP contribution in [0.3, 0.4) is 0 Å². The fourth-order valence-corrected chi connectivity index (χ4v) is 2.81. The Morgan fingerprint density at radius 1 is 0.950 bits per heavy atom. The van der Waals surface area contributed by atoms with Crippen LogP contribution in [0.4, 0.5) is 4.39 Å². The van der Waals surface area contributed by atoms with E-state index in [4.69, 9.17) is 5.73 Å². The van der Waals surface area contributed by atoms with E-state index in [-0.39, 0.29) is 11.9 Å². The largest absolute Gasteiger partial charge is 0.324 e. The van der Waals surface area contributed by atoms with E-state index in [0.29, 0.717) is 12.0 Å². The first-order valence-corrected chi connectivity index (χ1v) is 6.97. The molecule has 1 atom stereocenters. The minimum absolute atomic E-state index is 0.217. The van der Waals surface area contributed by atoms with Crippen LogP contribution in [0.5, 0.6) is 0 Å². The second-order valence-corrected chi connectivity index (χ2v) is 5.71. The van der Waals surface area contributed by atoms with Crippen molar-refractivity contribution in [2.24, 2.45) is 5.73 Å². The number of hydrogen-bond donors (Lipinski definition) is 1.